The second-order valence-corrected chi connectivity index (χ2v) is 3.99. The summed E-state index contributed by atoms with van der Waals surface area (Å²) >= 11 is 0. The molecule has 0 radical (unpaired) electrons. The first-order valence-electron chi connectivity index (χ1n) is 5.93. The first-order valence-corrected chi connectivity index (χ1v) is 5.93. The Morgan fingerprint density at radius 3 is 2.26 bits per heavy atom. The fourth-order valence-electron chi connectivity index (χ4n) is 1.67. The second kappa shape index (κ2) is 7.70. The Bertz CT molecular complexity index is 398. The standard InChI is InChI=1S/C13H22N2O4/c1-16-8-9(17-2)7-15-11-6-13(19-4)12(18-3)5-10(11)14/h5-6,9,15H,7-8,14H2,1-4H3. The third-order valence-corrected chi connectivity index (χ3v) is 2.76. The Morgan fingerprint density at radius 2 is 1.74 bits per heavy atom. The Balaban J connectivity index is 2.77. The van der Waals surface area contributed by atoms with Gasteiger partial charge in [0, 0.05) is 32.9 Å². The van der Waals surface area contributed by atoms with Crippen LogP contribution in [0.2, 0.25) is 0 Å². The topological polar surface area (TPSA) is 75.0 Å². The normalized spacial score (nSPS) is 12.0. The van der Waals surface area contributed by atoms with Gasteiger partial charge in [0.1, 0.15) is 0 Å². The van der Waals surface area contributed by atoms with E-state index in [0.29, 0.717) is 30.3 Å². The minimum Gasteiger partial charge on any atom is -0.493 e. The molecule has 0 aromatic heterocycles. The molecule has 0 saturated heterocycles. The maximum Gasteiger partial charge on any atom is 0.162 e. The number of nitrogens with one attached hydrogen (secondary N) is 1. The van der Waals surface area contributed by atoms with Crippen molar-refractivity contribution in [1.82, 2.24) is 0 Å². The molecule has 0 aliphatic carbocycles. The maximum absolute atomic E-state index is 5.95. The number of ether oxygens (including phenoxy) is 4. The Morgan fingerprint density at radius 1 is 1.11 bits per heavy atom. The van der Waals surface area contributed by atoms with Gasteiger partial charge in [0.2, 0.25) is 0 Å². The van der Waals surface area contributed by atoms with E-state index < -0.39 is 0 Å². The second-order valence-electron chi connectivity index (χ2n) is 3.99. The first kappa shape index (κ1) is 15.4. The van der Waals surface area contributed by atoms with E-state index in [1.165, 1.54) is 0 Å². The van der Waals surface area contributed by atoms with E-state index in [1.807, 2.05) is 0 Å². The van der Waals surface area contributed by atoms with E-state index in [9.17, 15) is 0 Å². The largest absolute Gasteiger partial charge is 0.493 e. The van der Waals surface area contributed by atoms with Crippen molar-refractivity contribution < 1.29 is 18.9 Å². The van der Waals surface area contributed by atoms with Crippen LogP contribution in [0.15, 0.2) is 12.1 Å². The predicted molar refractivity (Wildman–Crippen MR) is 75.1 cm³/mol. The van der Waals surface area contributed by atoms with Crippen LogP contribution in [0.4, 0.5) is 11.4 Å². The highest BCUT2D eigenvalue weighted by atomic mass is 16.5. The number of rotatable bonds is 8. The lowest BCUT2D eigenvalue weighted by atomic mass is 10.2. The molecule has 3 N–H and O–H groups in total. The van der Waals surface area contributed by atoms with Gasteiger partial charge in [-0.1, -0.05) is 0 Å². The number of nitrogen functional groups attached to an aromatic ring is 1. The van der Waals surface area contributed by atoms with Crippen LogP contribution < -0.4 is 20.5 Å². The SMILES string of the molecule is COCC(CNc1cc(OC)c(OC)cc1N)OC. The van der Waals surface area contributed by atoms with Gasteiger partial charge in [0.05, 0.1) is 38.3 Å². The molecular formula is C13H22N2O4. The molecule has 6 heteroatoms. The van der Waals surface area contributed by atoms with E-state index in [1.54, 1.807) is 40.6 Å². The molecule has 1 aromatic carbocycles. The summed E-state index contributed by atoms with van der Waals surface area (Å²) in [7, 11) is 6.44. The zero-order valence-electron chi connectivity index (χ0n) is 11.9. The summed E-state index contributed by atoms with van der Waals surface area (Å²) in [6, 6.07) is 3.52. The van der Waals surface area contributed by atoms with Crippen molar-refractivity contribution in [1.29, 1.82) is 0 Å². The summed E-state index contributed by atoms with van der Waals surface area (Å²) in [5, 5.41) is 3.21. The van der Waals surface area contributed by atoms with Gasteiger partial charge in [-0.25, -0.2) is 0 Å². The van der Waals surface area contributed by atoms with Crippen LogP contribution in [-0.4, -0.2) is 47.7 Å². The van der Waals surface area contributed by atoms with Crippen LogP contribution in [0.1, 0.15) is 0 Å². The number of anilines is 2. The van der Waals surface area contributed by atoms with Crippen molar-refractivity contribution in [3.63, 3.8) is 0 Å². The lowest BCUT2D eigenvalue weighted by Gasteiger charge is -2.18. The van der Waals surface area contributed by atoms with Crippen molar-refractivity contribution in [2.75, 3.05) is 52.6 Å². The van der Waals surface area contributed by atoms with Gasteiger partial charge in [-0.3, -0.25) is 0 Å². The van der Waals surface area contributed by atoms with Gasteiger partial charge in [0.15, 0.2) is 11.5 Å². The van der Waals surface area contributed by atoms with Crippen molar-refractivity contribution in [3.05, 3.63) is 12.1 Å². The summed E-state index contributed by atoms with van der Waals surface area (Å²) < 4.78 is 20.7. The van der Waals surface area contributed by atoms with Crippen LogP contribution in [0, 0.1) is 0 Å². The molecule has 0 spiro atoms. The van der Waals surface area contributed by atoms with Gasteiger partial charge >= 0.3 is 0 Å². The van der Waals surface area contributed by atoms with Gasteiger partial charge in [-0.2, -0.15) is 0 Å². The molecule has 0 heterocycles. The quantitative estimate of drug-likeness (QED) is 0.695. The van der Waals surface area contributed by atoms with E-state index >= 15 is 0 Å². The molecule has 6 nitrogen and oxygen atoms in total. The van der Waals surface area contributed by atoms with Gasteiger partial charge in [-0.15, -0.1) is 0 Å². The highest BCUT2D eigenvalue weighted by Crippen LogP contribution is 2.34. The average Bonchev–Trinajstić information content (AvgIpc) is 2.44. The zero-order valence-corrected chi connectivity index (χ0v) is 11.9. The van der Waals surface area contributed by atoms with E-state index in [2.05, 4.69) is 5.32 Å². The Kier molecular flexibility index (Phi) is 6.24. The summed E-state index contributed by atoms with van der Waals surface area (Å²) in [6.45, 7) is 1.10. The van der Waals surface area contributed by atoms with Gasteiger partial charge in [-0.05, 0) is 0 Å². The van der Waals surface area contributed by atoms with Gasteiger partial charge in [0.25, 0.3) is 0 Å². The Hall–Kier alpha value is -1.66. The smallest absolute Gasteiger partial charge is 0.162 e. The van der Waals surface area contributed by atoms with Crippen molar-refractivity contribution >= 4 is 11.4 Å². The third-order valence-electron chi connectivity index (χ3n) is 2.76. The molecule has 108 valence electrons. The molecule has 0 aliphatic rings. The summed E-state index contributed by atoms with van der Waals surface area (Å²) in [5.41, 5.74) is 7.31. The molecule has 0 fully saturated rings. The number of methoxy groups -OCH3 is 4. The van der Waals surface area contributed by atoms with Crippen molar-refractivity contribution in [2.45, 2.75) is 6.10 Å². The van der Waals surface area contributed by atoms with E-state index in [-0.39, 0.29) is 6.10 Å². The highest BCUT2D eigenvalue weighted by Gasteiger charge is 2.11. The number of hydrogen-bond donors (Lipinski definition) is 2. The molecule has 1 rings (SSSR count). The van der Waals surface area contributed by atoms with E-state index in [0.717, 1.165) is 5.69 Å². The van der Waals surface area contributed by atoms with Crippen LogP contribution in [0.3, 0.4) is 0 Å². The number of benzene rings is 1. The lowest BCUT2D eigenvalue weighted by Crippen LogP contribution is -2.26. The van der Waals surface area contributed by atoms with Gasteiger partial charge < -0.3 is 30.0 Å². The summed E-state index contributed by atoms with van der Waals surface area (Å²) in [5.74, 6) is 1.23. The fraction of sp³-hybridized carbons (Fsp3) is 0.538. The molecule has 1 unspecified atom stereocenters. The number of nitrogens with two attached hydrogens (primary N) is 1. The number of hydrogen-bond acceptors (Lipinski definition) is 6. The van der Waals surface area contributed by atoms with Crippen LogP contribution in [0.5, 0.6) is 11.5 Å². The maximum atomic E-state index is 5.95. The average molecular weight is 270 g/mol. The Labute approximate surface area is 113 Å². The van der Waals surface area contributed by atoms with Crippen LogP contribution in [0.25, 0.3) is 0 Å². The minimum absolute atomic E-state index is 0.0440. The van der Waals surface area contributed by atoms with Crippen LogP contribution >= 0.6 is 0 Å². The molecule has 0 aliphatic heterocycles. The fourth-order valence-corrected chi connectivity index (χ4v) is 1.67. The molecule has 1 atom stereocenters. The monoisotopic (exact) mass is 270 g/mol. The first-order chi connectivity index (χ1) is 9.15. The van der Waals surface area contributed by atoms with E-state index in [4.69, 9.17) is 24.7 Å². The minimum atomic E-state index is -0.0440. The lowest BCUT2D eigenvalue weighted by molar-refractivity contribution is 0.0366. The highest BCUT2D eigenvalue weighted by molar-refractivity contribution is 5.72. The zero-order chi connectivity index (χ0) is 14.3. The third kappa shape index (κ3) is 4.18. The molecular weight excluding hydrogens is 248 g/mol. The molecule has 0 amide bonds. The summed E-state index contributed by atoms with van der Waals surface area (Å²) in [4.78, 5) is 0. The molecule has 19 heavy (non-hydrogen) atoms. The predicted octanol–water partition coefficient (Wildman–Crippen LogP) is 1.36. The van der Waals surface area contributed by atoms with Crippen LogP contribution in [-0.2, 0) is 9.47 Å². The van der Waals surface area contributed by atoms with Crippen molar-refractivity contribution in [3.8, 4) is 11.5 Å². The summed E-state index contributed by atoms with van der Waals surface area (Å²) in [6.07, 6.45) is -0.0440. The molecule has 1 aromatic rings. The molecule has 0 bridgehead atoms. The van der Waals surface area contributed by atoms with Crippen molar-refractivity contribution in [2.24, 2.45) is 0 Å². The molecule has 0 saturated carbocycles.